The maximum Gasteiger partial charge on any atom is 0.243 e. The Morgan fingerprint density at radius 2 is 1.71 bits per heavy atom. The zero-order valence-corrected chi connectivity index (χ0v) is 18.8. The number of amides is 1. The van der Waals surface area contributed by atoms with Crippen molar-refractivity contribution in [2.75, 3.05) is 19.6 Å². The highest BCUT2D eigenvalue weighted by molar-refractivity contribution is 7.89. The van der Waals surface area contributed by atoms with Gasteiger partial charge in [-0.05, 0) is 54.7 Å². The minimum Gasteiger partial charge on any atom is -0.356 e. The van der Waals surface area contributed by atoms with Gasteiger partial charge in [-0.25, -0.2) is 8.42 Å². The van der Waals surface area contributed by atoms with Crippen LogP contribution in [0.25, 0.3) is 0 Å². The van der Waals surface area contributed by atoms with Crippen LogP contribution in [0, 0.1) is 11.8 Å². The van der Waals surface area contributed by atoms with Crippen molar-refractivity contribution in [2.24, 2.45) is 11.8 Å². The average molecular weight is 409 g/mol. The molecule has 0 aromatic heterocycles. The fourth-order valence-corrected chi connectivity index (χ4v) is 4.97. The normalized spacial score (nSPS) is 17.1. The molecular weight excluding hydrogens is 372 g/mol. The van der Waals surface area contributed by atoms with Crippen LogP contribution in [-0.4, -0.2) is 38.3 Å². The summed E-state index contributed by atoms with van der Waals surface area (Å²) in [6.07, 6.45) is 3.25. The van der Waals surface area contributed by atoms with E-state index in [1.807, 2.05) is 12.1 Å². The molecule has 0 unspecified atom stereocenters. The molecule has 158 valence electrons. The molecule has 0 aliphatic carbocycles. The molecule has 0 bridgehead atoms. The molecule has 0 spiro atoms. The first-order valence-electron chi connectivity index (χ1n) is 10.4. The third-order valence-corrected chi connectivity index (χ3v) is 7.35. The van der Waals surface area contributed by atoms with Gasteiger partial charge in [-0.2, -0.15) is 4.31 Å². The molecule has 1 N–H and O–H groups in total. The van der Waals surface area contributed by atoms with Crippen molar-refractivity contribution >= 4 is 15.9 Å². The van der Waals surface area contributed by atoms with Gasteiger partial charge in [-0.1, -0.05) is 46.8 Å². The summed E-state index contributed by atoms with van der Waals surface area (Å²) in [6, 6.07) is 7.18. The first kappa shape index (κ1) is 22.9. The highest BCUT2D eigenvalue weighted by atomic mass is 32.2. The van der Waals surface area contributed by atoms with Crippen LogP contribution >= 0.6 is 0 Å². The van der Waals surface area contributed by atoms with Gasteiger partial charge in [0.25, 0.3) is 0 Å². The smallest absolute Gasteiger partial charge is 0.243 e. The molecule has 5 nitrogen and oxygen atoms in total. The Hall–Kier alpha value is -1.40. The van der Waals surface area contributed by atoms with Gasteiger partial charge < -0.3 is 5.32 Å². The third kappa shape index (κ3) is 6.05. The van der Waals surface area contributed by atoms with Crippen molar-refractivity contribution in [2.45, 2.75) is 70.6 Å². The maximum absolute atomic E-state index is 12.9. The summed E-state index contributed by atoms with van der Waals surface area (Å²) in [5.74, 6) is 0.618. The summed E-state index contributed by atoms with van der Waals surface area (Å²) >= 11 is 0. The molecule has 1 fully saturated rings. The fourth-order valence-electron chi connectivity index (χ4n) is 3.50. The lowest BCUT2D eigenvalue weighted by molar-refractivity contribution is -0.126. The van der Waals surface area contributed by atoms with E-state index in [2.05, 4.69) is 39.9 Å². The Bertz CT molecular complexity index is 741. The number of carbonyl (C=O) groups excluding carboxylic acids is 1. The number of benzene rings is 1. The summed E-state index contributed by atoms with van der Waals surface area (Å²) in [5.41, 5.74) is 1.10. The molecule has 1 amide bonds. The molecule has 1 aliphatic heterocycles. The first-order chi connectivity index (χ1) is 13.0. The molecule has 0 saturated carbocycles. The summed E-state index contributed by atoms with van der Waals surface area (Å²) in [6.45, 7) is 12.2. The molecule has 0 atom stereocenters. The molecule has 2 rings (SSSR count). The number of nitrogens with one attached hydrogen (secondary N) is 1. The zero-order chi connectivity index (χ0) is 20.9. The van der Waals surface area contributed by atoms with Crippen LogP contribution in [0.1, 0.15) is 65.9 Å². The third-order valence-electron chi connectivity index (χ3n) is 5.44. The molecule has 6 heteroatoms. The minimum atomic E-state index is -3.50. The SMILES string of the molecule is CC(C)CCCNC(=O)C1CCN(S(=O)(=O)c2ccc(C(C)(C)C)cc2)CC1. The molecule has 1 saturated heterocycles. The van der Waals surface area contributed by atoms with Gasteiger partial charge in [0.1, 0.15) is 0 Å². The van der Waals surface area contributed by atoms with Crippen LogP contribution in [0.5, 0.6) is 0 Å². The van der Waals surface area contributed by atoms with Crippen molar-refractivity contribution in [1.82, 2.24) is 9.62 Å². The van der Waals surface area contributed by atoms with Gasteiger partial charge in [-0.15, -0.1) is 0 Å². The Balaban J connectivity index is 1.90. The van der Waals surface area contributed by atoms with Gasteiger partial charge in [0.2, 0.25) is 15.9 Å². The van der Waals surface area contributed by atoms with Crippen molar-refractivity contribution in [1.29, 1.82) is 0 Å². The van der Waals surface area contributed by atoms with Crippen molar-refractivity contribution in [3.05, 3.63) is 29.8 Å². The number of hydrogen-bond acceptors (Lipinski definition) is 3. The molecular formula is C22H36N2O3S. The Kier molecular flexibility index (Phi) is 7.68. The van der Waals surface area contributed by atoms with Crippen LogP contribution in [0.3, 0.4) is 0 Å². The van der Waals surface area contributed by atoms with E-state index in [0.717, 1.165) is 18.4 Å². The topological polar surface area (TPSA) is 66.5 Å². The van der Waals surface area contributed by atoms with Crippen LogP contribution in [-0.2, 0) is 20.2 Å². The highest BCUT2D eigenvalue weighted by Gasteiger charge is 2.32. The standard InChI is InChI=1S/C22H36N2O3S/c1-17(2)7-6-14-23-21(25)18-12-15-24(16-13-18)28(26,27)20-10-8-19(9-11-20)22(3,4)5/h8-11,17-18H,6-7,12-16H2,1-5H3,(H,23,25). The summed E-state index contributed by atoms with van der Waals surface area (Å²) in [5, 5.41) is 3.01. The summed E-state index contributed by atoms with van der Waals surface area (Å²) in [7, 11) is -3.50. The van der Waals surface area contributed by atoms with E-state index in [-0.39, 0.29) is 17.2 Å². The van der Waals surface area contributed by atoms with Gasteiger partial charge in [0.05, 0.1) is 4.90 Å². The average Bonchev–Trinajstić information content (AvgIpc) is 2.64. The van der Waals surface area contributed by atoms with E-state index < -0.39 is 10.0 Å². The maximum atomic E-state index is 12.9. The molecule has 1 heterocycles. The van der Waals surface area contributed by atoms with Crippen molar-refractivity contribution in [3.8, 4) is 0 Å². The first-order valence-corrected chi connectivity index (χ1v) is 11.8. The number of carbonyl (C=O) groups is 1. The van der Waals surface area contributed by atoms with Crippen molar-refractivity contribution in [3.63, 3.8) is 0 Å². The van der Waals surface area contributed by atoms with Crippen LogP contribution < -0.4 is 5.32 Å². The highest BCUT2D eigenvalue weighted by Crippen LogP contribution is 2.27. The van der Waals surface area contributed by atoms with Crippen LogP contribution in [0.4, 0.5) is 0 Å². The second-order valence-electron chi connectivity index (χ2n) is 9.28. The number of piperidine rings is 1. The van der Waals surface area contributed by atoms with E-state index in [4.69, 9.17) is 0 Å². The summed E-state index contributed by atoms with van der Waals surface area (Å²) in [4.78, 5) is 12.7. The van der Waals surface area contributed by atoms with Gasteiger partial charge in [0.15, 0.2) is 0 Å². The number of hydrogen-bond donors (Lipinski definition) is 1. The Labute approximate surface area is 170 Å². The molecule has 1 aromatic rings. The number of sulfonamides is 1. The minimum absolute atomic E-state index is 0.0107. The molecule has 28 heavy (non-hydrogen) atoms. The fraction of sp³-hybridized carbons (Fsp3) is 0.682. The lowest BCUT2D eigenvalue weighted by atomic mass is 9.87. The molecule has 1 aromatic carbocycles. The van der Waals surface area contributed by atoms with Crippen molar-refractivity contribution < 1.29 is 13.2 Å². The van der Waals surface area contributed by atoms with E-state index in [0.29, 0.717) is 43.3 Å². The summed E-state index contributed by atoms with van der Waals surface area (Å²) < 4.78 is 27.4. The Morgan fingerprint density at radius 1 is 1.14 bits per heavy atom. The second kappa shape index (κ2) is 9.40. The van der Waals surface area contributed by atoms with E-state index >= 15 is 0 Å². The number of nitrogens with zero attached hydrogens (tertiary/aromatic N) is 1. The van der Waals surface area contributed by atoms with Gasteiger partial charge in [0, 0.05) is 25.6 Å². The predicted octanol–water partition coefficient (Wildman–Crippen LogP) is 3.94. The van der Waals surface area contributed by atoms with E-state index in [9.17, 15) is 13.2 Å². The molecule has 1 aliphatic rings. The Morgan fingerprint density at radius 3 is 2.21 bits per heavy atom. The van der Waals surface area contributed by atoms with Gasteiger partial charge >= 0.3 is 0 Å². The van der Waals surface area contributed by atoms with E-state index in [1.54, 1.807) is 12.1 Å². The van der Waals surface area contributed by atoms with Crippen LogP contribution in [0.2, 0.25) is 0 Å². The largest absolute Gasteiger partial charge is 0.356 e. The van der Waals surface area contributed by atoms with Gasteiger partial charge in [-0.3, -0.25) is 4.79 Å². The molecule has 0 radical (unpaired) electrons. The van der Waals surface area contributed by atoms with E-state index in [1.165, 1.54) is 4.31 Å². The number of rotatable bonds is 7. The lowest BCUT2D eigenvalue weighted by Gasteiger charge is -2.30. The van der Waals surface area contributed by atoms with Crippen LogP contribution in [0.15, 0.2) is 29.2 Å². The zero-order valence-electron chi connectivity index (χ0n) is 18.0. The quantitative estimate of drug-likeness (QED) is 0.695. The monoisotopic (exact) mass is 408 g/mol. The predicted molar refractivity (Wildman–Crippen MR) is 114 cm³/mol. The lowest BCUT2D eigenvalue weighted by Crippen LogP contribution is -2.43. The second-order valence-corrected chi connectivity index (χ2v) is 11.2.